The molecule has 33 heavy (non-hydrogen) atoms. The highest BCUT2D eigenvalue weighted by Crippen LogP contribution is 2.29. The molecule has 2 heterocycles. The fourth-order valence-corrected chi connectivity index (χ4v) is 3.55. The Kier molecular flexibility index (Phi) is 9.46. The van der Waals surface area contributed by atoms with Crippen molar-refractivity contribution < 1.29 is 37.7 Å². The van der Waals surface area contributed by atoms with E-state index in [1.54, 1.807) is 24.4 Å². The van der Waals surface area contributed by atoms with Gasteiger partial charge in [0.05, 0.1) is 0 Å². The first-order valence-electron chi connectivity index (χ1n) is 10.2. The van der Waals surface area contributed by atoms with E-state index in [4.69, 9.17) is 19.8 Å². The number of halogens is 3. The van der Waals surface area contributed by atoms with E-state index in [1.807, 2.05) is 12.1 Å². The number of nitrogens with one attached hydrogen (secondary N) is 1. The Balaban J connectivity index is 0.000000569. The van der Waals surface area contributed by atoms with Crippen LogP contribution in [-0.2, 0) is 22.6 Å². The van der Waals surface area contributed by atoms with Crippen molar-refractivity contribution in [3.05, 3.63) is 64.1 Å². The summed E-state index contributed by atoms with van der Waals surface area (Å²) < 4.78 is 41.7. The van der Waals surface area contributed by atoms with Gasteiger partial charge in [-0.25, -0.2) is 9.59 Å². The molecule has 1 fully saturated rings. The summed E-state index contributed by atoms with van der Waals surface area (Å²) in [4.78, 5) is 34.9. The first kappa shape index (κ1) is 25.9. The van der Waals surface area contributed by atoms with Crippen molar-refractivity contribution in [2.75, 3.05) is 13.1 Å². The van der Waals surface area contributed by atoms with Gasteiger partial charge in [0.1, 0.15) is 5.75 Å². The first-order chi connectivity index (χ1) is 15.5. The molecular weight excluding hydrogens is 445 g/mol. The number of hydrogen-bond donors (Lipinski definition) is 3. The van der Waals surface area contributed by atoms with E-state index in [2.05, 4.69) is 14.6 Å². The van der Waals surface area contributed by atoms with Gasteiger partial charge in [-0.3, -0.25) is 9.69 Å². The summed E-state index contributed by atoms with van der Waals surface area (Å²) in [5.41, 5.74) is 1.29. The molecule has 0 aliphatic carbocycles. The highest BCUT2D eigenvalue weighted by molar-refractivity contribution is 6.27. The number of hydrogen-bond acceptors (Lipinski definition) is 5. The fourth-order valence-electron chi connectivity index (χ4n) is 3.55. The van der Waals surface area contributed by atoms with Crippen molar-refractivity contribution in [3.63, 3.8) is 0 Å². The number of carboxylic acid groups (broad SMARTS) is 2. The summed E-state index contributed by atoms with van der Waals surface area (Å²) in [5, 5.41) is 14.8. The molecular formula is C22H25F3N2O6. The highest BCUT2D eigenvalue weighted by Gasteiger charge is 2.32. The van der Waals surface area contributed by atoms with Crippen LogP contribution in [0.15, 0.2) is 47.4 Å². The van der Waals surface area contributed by atoms with Crippen LogP contribution >= 0.6 is 0 Å². The molecule has 1 aromatic carbocycles. The average Bonchev–Trinajstić information content (AvgIpc) is 2.75. The lowest BCUT2D eigenvalue weighted by Gasteiger charge is -2.31. The number of carbonyl (C=O) groups is 2. The van der Waals surface area contributed by atoms with Gasteiger partial charge in [0.15, 0.2) is 0 Å². The molecule has 11 heteroatoms. The molecule has 0 amide bonds. The van der Waals surface area contributed by atoms with Gasteiger partial charge >= 0.3 is 18.3 Å². The third-order valence-electron chi connectivity index (χ3n) is 5.20. The van der Waals surface area contributed by atoms with Crippen molar-refractivity contribution in [2.24, 2.45) is 5.92 Å². The van der Waals surface area contributed by atoms with Gasteiger partial charge in [0.25, 0.3) is 5.56 Å². The van der Waals surface area contributed by atoms with Gasteiger partial charge in [-0.2, -0.15) is 0 Å². The third kappa shape index (κ3) is 9.36. The second kappa shape index (κ2) is 12.0. The molecule has 0 spiro atoms. The Morgan fingerprint density at radius 2 is 1.64 bits per heavy atom. The van der Waals surface area contributed by atoms with Crippen LogP contribution < -0.4 is 10.3 Å². The molecule has 0 atom stereocenters. The maximum Gasteiger partial charge on any atom is 0.573 e. The molecule has 3 rings (SSSR count). The van der Waals surface area contributed by atoms with Crippen LogP contribution in [0.1, 0.15) is 30.4 Å². The minimum Gasteiger partial charge on any atom is -0.473 e. The molecule has 0 unspecified atom stereocenters. The average molecular weight is 470 g/mol. The zero-order chi connectivity index (χ0) is 24.4. The molecule has 1 aromatic heterocycles. The zero-order valence-electron chi connectivity index (χ0n) is 17.7. The van der Waals surface area contributed by atoms with Crippen molar-refractivity contribution in [2.45, 2.75) is 38.6 Å². The van der Waals surface area contributed by atoms with Crippen LogP contribution in [0.2, 0.25) is 0 Å². The van der Waals surface area contributed by atoms with Crippen LogP contribution in [-0.4, -0.2) is 51.5 Å². The van der Waals surface area contributed by atoms with Crippen LogP contribution in [0.25, 0.3) is 0 Å². The molecule has 0 bridgehead atoms. The van der Waals surface area contributed by atoms with Crippen molar-refractivity contribution >= 4 is 11.9 Å². The molecule has 0 saturated carbocycles. The molecule has 1 aliphatic heterocycles. The van der Waals surface area contributed by atoms with E-state index in [9.17, 15) is 18.0 Å². The number of likely N-dealkylation sites (tertiary alicyclic amines) is 1. The topological polar surface area (TPSA) is 120 Å². The summed E-state index contributed by atoms with van der Waals surface area (Å²) >= 11 is 0. The summed E-state index contributed by atoms with van der Waals surface area (Å²) in [6, 6.07) is 10.0. The number of piperidine rings is 1. The number of carboxylic acids is 2. The number of aromatic amines is 1. The number of rotatable bonds is 6. The van der Waals surface area contributed by atoms with Crippen LogP contribution in [0.3, 0.4) is 0 Å². The standard InChI is InChI=1S/C20H23F3N2O2.C2H2O4/c21-20(22,23)27-18-6-2-1-4-16(18)8-7-15-9-12-25(13-10-15)14-17-5-3-11-24-19(17)26;3-1(4)2(5)6/h1-6,11,15H,7-10,12-14H2,(H,24,26);(H,3,4)(H,5,6). The predicted octanol–water partition coefficient (Wildman–Crippen LogP) is 3.27. The van der Waals surface area contributed by atoms with E-state index in [-0.39, 0.29) is 11.3 Å². The number of ether oxygens (including phenoxy) is 1. The van der Waals surface area contributed by atoms with Crippen LogP contribution in [0.4, 0.5) is 13.2 Å². The number of H-pyrrole nitrogens is 1. The van der Waals surface area contributed by atoms with E-state index in [0.717, 1.165) is 37.9 Å². The molecule has 3 N–H and O–H groups in total. The predicted molar refractivity (Wildman–Crippen MR) is 112 cm³/mol. The fraction of sp³-hybridized carbons (Fsp3) is 0.409. The number of alkyl halides is 3. The van der Waals surface area contributed by atoms with Crippen molar-refractivity contribution in [3.8, 4) is 5.75 Å². The summed E-state index contributed by atoms with van der Waals surface area (Å²) in [7, 11) is 0. The number of nitrogens with zero attached hydrogens (tertiary/aromatic N) is 1. The summed E-state index contributed by atoms with van der Waals surface area (Å²) in [6.07, 6.45) is 0.308. The normalized spacial score (nSPS) is 14.8. The largest absolute Gasteiger partial charge is 0.573 e. The van der Waals surface area contributed by atoms with E-state index >= 15 is 0 Å². The number of aliphatic carboxylic acids is 2. The maximum absolute atomic E-state index is 12.5. The lowest BCUT2D eigenvalue weighted by Crippen LogP contribution is -2.35. The third-order valence-corrected chi connectivity index (χ3v) is 5.20. The van der Waals surface area contributed by atoms with E-state index < -0.39 is 18.3 Å². The Labute approximate surface area is 187 Å². The number of para-hydroxylation sites is 1. The number of benzene rings is 1. The van der Waals surface area contributed by atoms with Crippen LogP contribution in [0.5, 0.6) is 5.75 Å². The van der Waals surface area contributed by atoms with Gasteiger partial charge in [-0.05, 0) is 62.4 Å². The molecule has 1 aliphatic rings. The van der Waals surface area contributed by atoms with E-state index in [0.29, 0.717) is 24.4 Å². The Bertz CT molecular complexity index is 972. The minimum atomic E-state index is -4.67. The van der Waals surface area contributed by atoms with Crippen LogP contribution in [0, 0.1) is 5.92 Å². The summed E-state index contributed by atoms with van der Waals surface area (Å²) in [6.45, 7) is 2.41. The second-order valence-corrected chi connectivity index (χ2v) is 7.55. The van der Waals surface area contributed by atoms with Gasteiger partial charge < -0.3 is 19.9 Å². The lowest BCUT2D eigenvalue weighted by molar-refractivity contribution is -0.274. The zero-order valence-corrected chi connectivity index (χ0v) is 17.7. The van der Waals surface area contributed by atoms with Gasteiger partial charge in [0, 0.05) is 18.3 Å². The monoisotopic (exact) mass is 470 g/mol. The highest BCUT2D eigenvalue weighted by atomic mass is 19.4. The smallest absolute Gasteiger partial charge is 0.473 e. The molecule has 8 nitrogen and oxygen atoms in total. The molecule has 0 radical (unpaired) electrons. The Morgan fingerprint density at radius 1 is 1.03 bits per heavy atom. The molecule has 180 valence electrons. The second-order valence-electron chi connectivity index (χ2n) is 7.55. The number of pyridine rings is 1. The van der Waals surface area contributed by atoms with Crippen molar-refractivity contribution in [1.82, 2.24) is 9.88 Å². The van der Waals surface area contributed by atoms with Crippen molar-refractivity contribution in [1.29, 1.82) is 0 Å². The van der Waals surface area contributed by atoms with E-state index in [1.165, 1.54) is 6.07 Å². The van der Waals surface area contributed by atoms with Gasteiger partial charge in [-0.1, -0.05) is 24.3 Å². The molecule has 1 saturated heterocycles. The lowest BCUT2D eigenvalue weighted by atomic mass is 9.90. The molecule has 2 aromatic rings. The minimum absolute atomic E-state index is 0.0547. The SMILES string of the molecule is O=C(O)C(=O)O.O=c1[nH]cccc1CN1CCC(CCc2ccccc2OC(F)(F)F)CC1. The Hall–Kier alpha value is -3.34. The number of aromatic nitrogens is 1. The Morgan fingerprint density at radius 3 is 2.21 bits per heavy atom. The summed E-state index contributed by atoms with van der Waals surface area (Å²) in [5.74, 6) is -3.29. The van der Waals surface area contributed by atoms with Gasteiger partial charge in [0.2, 0.25) is 0 Å². The maximum atomic E-state index is 12.5. The van der Waals surface area contributed by atoms with Gasteiger partial charge in [-0.15, -0.1) is 13.2 Å². The number of aryl methyl sites for hydroxylation is 1. The quantitative estimate of drug-likeness (QED) is 0.554. The first-order valence-corrected chi connectivity index (χ1v) is 10.2.